The maximum Gasteiger partial charge on any atom is 0.410 e. The first-order valence-electron chi connectivity index (χ1n) is 13.3. The summed E-state index contributed by atoms with van der Waals surface area (Å²) in [7, 11) is 0. The van der Waals surface area contributed by atoms with Crippen molar-refractivity contribution in [1.29, 1.82) is 0 Å². The lowest BCUT2D eigenvalue weighted by molar-refractivity contribution is -0.0738. The molecule has 200 valence electrons. The van der Waals surface area contributed by atoms with E-state index in [0.29, 0.717) is 11.6 Å². The molecule has 1 unspecified atom stereocenters. The number of anilines is 1. The van der Waals surface area contributed by atoms with Crippen LogP contribution in [-0.2, 0) is 4.74 Å². The molecule has 3 aromatic rings. The van der Waals surface area contributed by atoms with E-state index in [4.69, 9.17) is 4.74 Å². The molecule has 0 aromatic heterocycles. The molecule has 1 saturated heterocycles. The van der Waals surface area contributed by atoms with Crippen molar-refractivity contribution in [3.63, 3.8) is 0 Å². The molecular formula is C31H36BrN3O3. The smallest absolute Gasteiger partial charge is 0.410 e. The summed E-state index contributed by atoms with van der Waals surface area (Å²) in [6, 6.07) is 18.5. The summed E-state index contributed by atoms with van der Waals surface area (Å²) in [6.07, 6.45) is 1.80. The minimum Gasteiger partial charge on any atom is -0.444 e. The van der Waals surface area contributed by atoms with Gasteiger partial charge in [0.2, 0.25) is 0 Å². The Morgan fingerprint density at radius 3 is 2.42 bits per heavy atom. The van der Waals surface area contributed by atoms with Gasteiger partial charge in [0.25, 0.3) is 5.91 Å². The number of benzene rings is 3. The zero-order valence-electron chi connectivity index (χ0n) is 22.7. The molecule has 38 heavy (non-hydrogen) atoms. The predicted molar refractivity (Wildman–Crippen MR) is 156 cm³/mol. The molecule has 3 aromatic carbocycles. The largest absolute Gasteiger partial charge is 0.444 e. The molecule has 1 saturated carbocycles. The number of ether oxygens (including phenoxy) is 1. The predicted octanol–water partition coefficient (Wildman–Crippen LogP) is 7.21. The van der Waals surface area contributed by atoms with Gasteiger partial charge in [-0.25, -0.2) is 4.79 Å². The van der Waals surface area contributed by atoms with E-state index >= 15 is 0 Å². The van der Waals surface area contributed by atoms with Crippen LogP contribution in [0.1, 0.15) is 68.1 Å². The first-order chi connectivity index (χ1) is 17.9. The molecule has 1 aliphatic carbocycles. The van der Waals surface area contributed by atoms with Crippen molar-refractivity contribution < 1.29 is 14.3 Å². The van der Waals surface area contributed by atoms with Gasteiger partial charge in [0.15, 0.2) is 0 Å². The highest BCUT2D eigenvalue weighted by atomic mass is 79.9. The summed E-state index contributed by atoms with van der Waals surface area (Å²) in [5.74, 6) is -0.0808. The van der Waals surface area contributed by atoms with E-state index in [1.54, 1.807) is 4.90 Å². The van der Waals surface area contributed by atoms with Gasteiger partial charge < -0.3 is 20.3 Å². The number of likely N-dealkylation sites (tertiary alicyclic amines) is 1. The van der Waals surface area contributed by atoms with Crippen molar-refractivity contribution in [2.45, 2.75) is 65.1 Å². The van der Waals surface area contributed by atoms with Crippen LogP contribution in [0.5, 0.6) is 0 Å². The molecule has 2 amide bonds. The number of nitrogens with one attached hydrogen (secondary N) is 2. The van der Waals surface area contributed by atoms with Crippen LogP contribution >= 0.6 is 15.9 Å². The van der Waals surface area contributed by atoms with Crippen molar-refractivity contribution in [2.75, 3.05) is 18.4 Å². The van der Waals surface area contributed by atoms with Gasteiger partial charge in [0, 0.05) is 40.3 Å². The van der Waals surface area contributed by atoms with Gasteiger partial charge in [-0.1, -0.05) is 52.3 Å². The Kier molecular flexibility index (Phi) is 6.93. The summed E-state index contributed by atoms with van der Waals surface area (Å²) >= 11 is 3.63. The Balaban J connectivity index is 1.19. The second-order valence-corrected chi connectivity index (χ2v) is 12.8. The first kappa shape index (κ1) is 26.5. The van der Waals surface area contributed by atoms with Crippen LogP contribution in [0.2, 0.25) is 0 Å². The van der Waals surface area contributed by atoms with Crippen LogP contribution < -0.4 is 10.6 Å². The van der Waals surface area contributed by atoms with Gasteiger partial charge in [0.05, 0.1) is 6.04 Å². The molecule has 1 heterocycles. The highest BCUT2D eigenvalue weighted by Gasteiger charge is 2.54. The van der Waals surface area contributed by atoms with Crippen LogP contribution in [0.3, 0.4) is 0 Å². The third-order valence-corrected chi connectivity index (χ3v) is 8.33. The number of aryl methyl sites for hydroxylation is 1. The minimum atomic E-state index is -0.469. The average molecular weight is 579 g/mol. The Hall–Kier alpha value is -3.06. The molecule has 1 aliphatic heterocycles. The Morgan fingerprint density at radius 2 is 1.74 bits per heavy atom. The van der Waals surface area contributed by atoms with Gasteiger partial charge in [-0.05, 0) is 87.6 Å². The van der Waals surface area contributed by atoms with Crippen LogP contribution in [0, 0.1) is 12.3 Å². The Bertz CT molecular complexity index is 1380. The highest BCUT2D eigenvalue weighted by molar-refractivity contribution is 9.10. The molecule has 6 nitrogen and oxygen atoms in total. The maximum absolute atomic E-state index is 13.3. The molecule has 2 fully saturated rings. The van der Waals surface area contributed by atoms with E-state index < -0.39 is 5.60 Å². The van der Waals surface area contributed by atoms with E-state index in [-0.39, 0.29) is 23.5 Å². The second-order valence-electron chi connectivity index (χ2n) is 12.0. The molecule has 0 radical (unpaired) electrons. The normalized spacial score (nSPS) is 17.5. The standard InChI is InChI=1S/C31H36BrN3O3/c1-19-10-11-21(34-22-15-31(16-22)17-35(18-31)29(37)38-30(3,4)5)14-26(19)28(36)33-20(2)23-12-13-27(32)25-9-7-6-8-24(23)25/h6-14,20,22,34H,15-18H2,1-5H3,(H,33,36). The van der Waals surface area contributed by atoms with Crippen molar-refractivity contribution in [3.8, 4) is 0 Å². The Labute approximate surface area is 233 Å². The molecule has 0 bridgehead atoms. The number of rotatable bonds is 5. The highest BCUT2D eigenvalue weighted by Crippen LogP contribution is 2.49. The van der Waals surface area contributed by atoms with Crippen molar-refractivity contribution in [2.24, 2.45) is 5.41 Å². The van der Waals surface area contributed by atoms with E-state index in [2.05, 4.69) is 44.8 Å². The van der Waals surface area contributed by atoms with Crippen molar-refractivity contribution >= 4 is 44.4 Å². The minimum absolute atomic E-state index is 0.0808. The molecular weight excluding hydrogens is 542 g/mol. The molecule has 5 rings (SSSR count). The van der Waals surface area contributed by atoms with Gasteiger partial charge in [-0.3, -0.25) is 4.79 Å². The van der Waals surface area contributed by atoms with Gasteiger partial charge in [-0.2, -0.15) is 0 Å². The molecule has 2 aliphatic rings. The third-order valence-electron chi connectivity index (χ3n) is 7.63. The number of hydrogen-bond acceptors (Lipinski definition) is 4. The topological polar surface area (TPSA) is 70.7 Å². The van der Waals surface area contributed by atoms with Crippen LogP contribution in [0.4, 0.5) is 10.5 Å². The van der Waals surface area contributed by atoms with Crippen molar-refractivity contribution in [3.05, 3.63) is 75.8 Å². The van der Waals surface area contributed by atoms with E-state index in [0.717, 1.165) is 58.0 Å². The number of hydrogen-bond donors (Lipinski definition) is 2. The summed E-state index contributed by atoms with van der Waals surface area (Å²) in [5, 5.41) is 9.07. The Morgan fingerprint density at radius 1 is 1.05 bits per heavy atom. The molecule has 1 atom stereocenters. The van der Waals surface area contributed by atoms with Gasteiger partial charge >= 0.3 is 6.09 Å². The zero-order chi connectivity index (χ0) is 27.2. The third kappa shape index (κ3) is 5.39. The van der Waals surface area contributed by atoms with Gasteiger partial charge in [-0.15, -0.1) is 0 Å². The van der Waals surface area contributed by atoms with E-state index in [1.807, 2.05) is 71.0 Å². The van der Waals surface area contributed by atoms with Crippen LogP contribution in [0.15, 0.2) is 59.1 Å². The lowest BCUT2D eigenvalue weighted by Gasteiger charge is -2.58. The van der Waals surface area contributed by atoms with Crippen LogP contribution in [0.25, 0.3) is 10.8 Å². The van der Waals surface area contributed by atoms with Gasteiger partial charge in [0.1, 0.15) is 5.60 Å². The maximum atomic E-state index is 13.3. The summed E-state index contributed by atoms with van der Waals surface area (Å²) in [4.78, 5) is 27.4. The number of fused-ring (bicyclic) bond motifs is 1. The number of nitrogens with zero attached hydrogens (tertiary/aromatic N) is 1. The fourth-order valence-electron chi connectivity index (χ4n) is 5.77. The van der Waals surface area contributed by atoms with Crippen molar-refractivity contribution in [1.82, 2.24) is 10.2 Å². The number of carbonyl (C=O) groups is 2. The quantitative estimate of drug-likeness (QED) is 0.336. The summed E-state index contributed by atoms with van der Waals surface area (Å²) in [5.41, 5.74) is 3.39. The number of carbonyl (C=O) groups excluding carboxylic acids is 2. The fraction of sp³-hybridized carbons (Fsp3) is 0.419. The second kappa shape index (κ2) is 9.92. The monoisotopic (exact) mass is 577 g/mol. The van der Waals surface area contributed by atoms with Crippen LogP contribution in [-0.4, -0.2) is 41.6 Å². The number of halogens is 1. The molecule has 2 N–H and O–H groups in total. The summed E-state index contributed by atoms with van der Waals surface area (Å²) < 4.78 is 6.53. The first-order valence-corrected chi connectivity index (χ1v) is 14.1. The lowest BCUT2D eigenvalue weighted by atomic mass is 9.60. The lowest BCUT2D eigenvalue weighted by Crippen LogP contribution is -2.66. The molecule has 1 spiro atoms. The zero-order valence-corrected chi connectivity index (χ0v) is 24.3. The fourth-order valence-corrected chi connectivity index (χ4v) is 6.25. The molecule has 7 heteroatoms. The van der Waals surface area contributed by atoms with E-state index in [1.165, 1.54) is 0 Å². The SMILES string of the molecule is Cc1ccc(NC2CC3(C2)CN(C(=O)OC(C)(C)C)C3)cc1C(=O)NC(C)c1ccc(Br)c2ccccc12. The number of amides is 2. The average Bonchev–Trinajstić information content (AvgIpc) is 2.79. The summed E-state index contributed by atoms with van der Waals surface area (Å²) in [6.45, 7) is 11.2. The van der Waals surface area contributed by atoms with E-state index in [9.17, 15) is 9.59 Å².